The van der Waals surface area contributed by atoms with Crippen LogP contribution in [0.2, 0.25) is 0 Å². The van der Waals surface area contributed by atoms with E-state index >= 15 is 0 Å². The fraction of sp³-hybridized carbons (Fsp3) is 0.600. The maximum Gasteiger partial charge on any atom is 0.409 e. The summed E-state index contributed by atoms with van der Waals surface area (Å²) in [7, 11) is 0. The summed E-state index contributed by atoms with van der Waals surface area (Å²) in [5.41, 5.74) is 1.15. The Morgan fingerprint density at radius 3 is 2.35 bits per heavy atom. The number of benzene rings is 1. The highest BCUT2D eigenvalue weighted by Crippen LogP contribution is 2.11. The molecule has 0 bridgehead atoms. The SMILES string of the molecule is CCOC(=O)N1CCN(CCC(=O)N(Cc2ccccc2)C(C)C)CC1. The maximum atomic E-state index is 12.7. The minimum Gasteiger partial charge on any atom is -0.450 e. The average Bonchev–Trinajstić information content (AvgIpc) is 2.65. The van der Waals surface area contributed by atoms with E-state index in [2.05, 4.69) is 30.9 Å². The van der Waals surface area contributed by atoms with Crippen molar-refractivity contribution in [2.45, 2.75) is 39.8 Å². The molecular weight excluding hydrogens is 330 g/mol. The van der Waals surface area contributed by atoms with Crippen LogP contribution in [0.1, 0.15) is 32.8 Å². The van der Waals surface area contributed by atoms with Crippen molar-refractivity contribution in [3.63, 3.8) is 0 Å². The van der Waals surface area contributed by atoms with Gasteiger partial charge in [0.1, 0.15) is 0 Å². The summed E-state index contributed by atoms with van der Waals surface area (Å²) >= 11 is 0. The van der Waals surface area contributed by atoms with Gasteiger partial charge >= 0.3 is 6.09 Å². The molecule has 0 N–H and O–H groups in total. The number of rotatable bonds is 7. The van der Waals surface area contributed by atoms with Crippen molar-refractivity contribution in [3.05, 3.63) is 35.9 Å². The Morgan fingerprint density at radius 1 is 1.12 bits per heavy atom. The molecule has 1 aliphatic heterocycles. The third-order valence-corrected chi connectivity index (χ3v) is 4.68. The monoisotopic (exact) mass is 361 g/mol. The van der Waals surface area contributed by atoms with Crippen LogP contribution in [0.5, 0.6) is 0 Å². The average molecular weight is 361 g/mol. The molecule has 0 spiro atoms. The summed E-state index contributed by atoms with van der Waals surface area (Å²) in [5.74, 6) is 0.177. The van der Waals surface area contributed by atoms with Gasteiger partial charge in [-0.15, -0.1) is 0 Å². The van der Waals surface area contributed by atoms with Gasteiger partial charge in [-0.3, -0.25) is 9.69 Å². The molecule has 1 aromatic rings. The second-order valence-electron chi connectivity index (χ2n) is 6.88. The van der Waals surface area contributed by atoms with Crippen molar-refractivity contribution in [1.82, 2.24) is 14.7 Å². The molecular formula is C20H31N3O3. The van der Waals surface area contributed by atoms with Crippen LogP contribution in [0.15, 0.2) is 30.3 Å². The molecule has 0 saturated carbocycles. The standard InChI is InChI=1S/C20H31N3O3/c1-4-26-20(25)22-14-12-21(13-15-22)11-10-19(24)23(17(2)3)16-18-8-6-5-7-9-18/h5-9,17H,4,10-16H2,1-3H3. The van der Waals surface area contributed by atoms with E-state index in [1.54, 1.807) is 4.90 Å². The van der Waals surface area contributed by atoms with Crippen molar-refractivity contribution < 1.29 is 14.3 Å². The third kappa shape index (κ3) is 6.02. The Hall–Kier alpha value is -2.08. The Balaban J connectivity index is 1.79. The molecule has 2 rings (SSSR count). The van der Waals surface area contributed by atoms with E-state index in [-0.39, 0.29) is 18.0 Å². The molecule has 0 aromatic heterocycles. The van der Waals surface area contributed by atoms with Crippen molar-refractivity contribution in [2.24, 2.45) is 0 Å². The predicted octanol–water partition coefficient (Wildman–Crippen LogP) is 2.59. The Kier molecular flexibility index (Phi) is 7.91. The lowest BCUT2D eigenvalue weighted by Gasteiger charge is -2.34. The second-order valence-corrected chi connectivity index (χ2v) is 6.88. The summed E-state index contributed by atoms with van der Waals surface area (Å²) in [6.45, 7) is 10.6. The van der Waals surface area contributed by atoms with Gasteiger partial charge in [-0.05, 0) is 26.3 Å². The predicted molar refractivity (Wildman–Crippen MR) is 102 cm³/mol. The van der Waals surface area contributed by atoms with E-state index in [0.717, 1.165) is 25.2 Å². The molecule has 1 aliphatic rings. The number of piperazine rings is 1. The van der Waals surface area contributed by atoms with Crippen molar-refractivity contribution >= 4 is 12.0 Å². The molecule has 26 heavy (non-hydrogen) atoms. The number of ether oxygens (including phenoxy) is 1. The molecule has 1 aromatic carbocycles. The van der Waals surface area contributed by atoms with Gasteiger partial charge in [-0.2, -0.15) is 0 Å². The van der Waals surface area contributed by atoms with Gasteiger partial charge in [0.25, 0.3) is 0 Å². The first kappa shape index (κ1) is 20.2. The zero-order valence-corrected chi connectivity index (χ0v) is 16.2. The molecule has 1 saturated heterocycles. The molecule has 0 radical (unpaired) electrons. The second kappa shape index (κ2) is 10.2. The van der Waals surface area contributed by atoms with Crippen molar-refractivity contribution in [1.29, 1.82) is 0 Å². The third-order valence-electron chi connectivity index (χ3n) is 4.68. The highest BCUT2D eigenvalue weighted by molar-refractivity contribution is 5.76. The van der Waals surface area contributed by atoms with Gasteiger partial charge in [0.2, 0.25) is 5.91 Å². The summed E-state index contributed by atoms with van der Waals surface area (Å²) in [6, 6.07) is 10.3. The molecule has 144 valence electrons. The van der Waals surface area contributed by atoms with E-state index in [0.29, 0.717) is 32.7 Å². The van der Waals surface area contributed by atoms with Gasteiger partial charge < -0.3 is 14.5 Å². The smallest absolute Gasteiger partial charge is 0.409 e. The van der Waals surface area contributed by atoms with Crippen molar-refractivity contribution in [3.8, 4) is 0 Å². The highest BCUT2D eigenvalue weighted by Gasteiger charge is 2.23. The van der Waals surface area contributed by atoms with Gasteiger partial charge in [0.05, 0.1) is 6.61 Å². The van der Waals surface area contributed by atoms with E-state index in [1.807, 2.05) is 30.0 Å². The zero-order chi connectivity index (χ0) is 18.9. The minimum absolute atomic E-state index is 0.170. The lowest BCUT2D eigenvalue weighted by Crippen LogP contribution is -2.49. The Morgan fingerprint density at radius 2 is 1.77 bits per heavy atom. The molecule has 6 heteroatoms. The lowest BCUT2D eigenvalue weighted by atomic mass is 10.1. The van der Waals surface area contributed by atoms with Crippen LogP contribution in [-0.4, -0.2) is 72.1 Å². The first-order chi connectivity index (χ1) is 12.5. The quantitative estimate of drug-likeness (QED) is 0.749. The first-order valence-corrected chi connectivity index (χ1v) is 9.48. The van der Waals surface area contributed by atoms with Gasteiger partial charge in [0, 0.05) is 51.7 Å². The van der Waals surface area contributed by atoms with Crippen LogP contribution in [0.4, 0.5) is 4.79 Å². The van der Waals surface area contributed by atoms with Crippen LogP contribution >= 0.6 is 0 Å². The van der Waals surface area contributed by atoms with E-state index < -0.39 is 0 Å². The molecule has 0 unspecified atom stereocenters. The largest absolute Gasteiger partial charge is 0.450 e. The van der Waals surface area contributed by atoms with Gasteiger partial charge in [-0.25, -0.2) is 4.79 Å². The number of nitrogens with zero attached hydrogens (tertiary/aromatic N) is 3. The fourth-order valence-electron chi connectivity index (χ4n) is 3.11. The summed E-state index contributed by atoms with van der Waals surface area (Å²) in [4.78, 5) is 30.4. The zero-order valence-electron chi connectivity index (χ0n) is 16.2. The Labute approximate surface area is 156 Å². The number of hydrogen-bond acceptors (Lipinski definition) is 4. The molecule has 6 nitrogen and oxygen atoms in total. The van der Waals surface area contributed by atoms with E-state index in [9.17, 15) is 9.59 Å². The minimum atomic E-state index is -0.239. The maximum absolute atomic E-state index is 12.7. The highest BCUT2D eigenvalue weighted by atomic mass is 16.6. The molecule has 2 amide bonds. The van der Waals surface area contributed by atoms with E-state index in [4.69, 9.17) is 4.74 Å². The van der Waals surface area contributed by atoms with Gasteiger partial charge in [0.15, 0.2) is 0 Å². The molecule has 0 atom stereocenters. The summed E-state index contributed by atoms with van der Waals surface area (Å²) in [5, 5.41) is 0. The summed E-state index contributed by atoms with van der Waals surface area (Å²) < 4.78 is 5.04. The lowest BCUT2D eigenvalue weighted by molar-refractivity contribution is -0.134. The van der Waals surface area contributed by atoms with Crippen LogP contribution in [-0.2, 0) is 16.1 Å². The summed E-state index contributed by atoms with van der Waals surface area (Å²) in [6.07, 6.45) is 0.266. The van der Waals surface area contributed by atoms with Crippen LogP contribution in [0, 0.1) is 0 Å². The van der Waals surface area contributed by atoms with Crippen LogP contribution in [0.25, 0.3) is 0 Å². The van der Waals surface area contributed by atoms with Crippen molar-refractivity contribution in [2.75, 3.05) is 39.3 Å². The number of amides is 2. The normalized spacial score (nSPS) is 15.2. The van der Waals surface area contributed by atoms with E-state index in [1.165, 1.54) is 0 Å². The fourth-order valence-corrected chi connectivity index (χ4v) is 3.11. The molecule has 0 aliphatic carbocycles. The molecule has 1 heterocycles. The van der Waals surface area contributed by atoms with Crippen LogP contribution in [0.3, 0.4) is 0 Å². The molecule has 1 fully saturated rings. The van der Waals surface area contributed by atoms with Crippen LogP contribution < -0.4 is 0 Å². The Bertz CT molecular complexity index is 569. The number of carbonyl (C=O) groups excluding carboxylic acids is 2. The number of hydrogen-bond donors (Lipinski definition) is 0. The first-order valence-electron chi connectivity index (χ1n) is 9.48. The topological polar surface area (TPSA) is 53.1 Å². The van der Waals surface area contributed by atoms with Gasteiger partial charge in [-0.1, -0.05) is 30.3 Å². The number of carbonyl (C=O) groups is 2.